The lowest BCUT2D eigenvalue weighted by Gasteiger charge is -2.35. The maximum Gasteiger partial charge on any atom is 0.257 e. The maximum absolute atomic E-state index is 12.6. The van der Waals surface area contributed by atoms with E-state index in [9.17, 15) is 4.79 Å². The van der Waals surface area contributed by atoms with E-state index in [-0.39, 0.29) is 11.9 Å². The van der Waals surface area contributed by atoms with Crippen LogP contribution in [-0.2, 0) is 6.54 Å². The molecular formula is C14H18N4O. The standard InChI is InChI=1S/C14H18N4O/c1-9-4-5-13-11(3)18(7-6-17(9)13)14(19)12-8-15-16-10(12)2/h4-5,8,11H,6-7H2,1-3H3,(H,15,16). The minimum Gasteiger partial charge on any atom is -0.345 e. The van der Waals surface area contributed by atoms with Gasteiger partial charge in [-0.3, -0.25) is 9.89 Å². The Balaban J connectivity index is 1.92. The quantitative estimate of drug-likeness (QED) is 0.851. The Morgan fingerprint density at radius 3 is 2.84 bits per heavy atom. The molecular weight excluding hydrogens is 240 g/mol. The van der Waals surface area contributed by atoms with Gasteiger partial charge >= 0.3 is 0 Å². The summed E-state index contributed by atoms with van der Waals surface area (Å²) in [6, 6.07) is 4.33. The molecule has 0 aromatic carbocycles. The van der Waals surface area contributed by atoms with Crippen LogP contribution in [0.4, 0.5) is 0 Å². The highest BCUT2D eigenvalue weighted by molar-refractivity contribution is 5.95. The zero-order chi connectivity index (χ0) is 13.6. The second kappa shape index (κ2) is 4.26. The van der Waals surface area contributed by atoms with Gasteiger partial charge in [0.05, 0.1) is 17.8 Å². The number of carbonyl (C=O) groups is 1. The summed E-state index contributed by atoms with van der Waals surface area (Å²) in [7, 11) is 0. The van der Waals surface area contributed by atoms with E-state index in [0.29, 0.717) is 5.56 Å². The molecule has 2 aromatic rings. The normalized spacial score (nSPS) is 18.5. The van der Waals surface area contributed by atoms with E-state index in [1.807, 2.05) is 11.8 Å². The lowest BCUT2D eigenvalue weighted by molar-refractivity contribution is 0.0642. The van der Waals surface area contributed by atoms with Crippen molar-refractivity contribution in [3.05, 3.63) is 41.0 Å². The SMILES string of the molecule is Cc1[nH]ncc1C(=O)N1CCn2c(C)ccc2C1C. The van der Waals surface area contributed by atoms with Gasteiger partial charge in [0.2, 0.25) is 0 Å². The van der Waals surface area contributed by atoms with E-state index in [0.717, 1.165) is 18.8 Å². The van der Waals surface area contributed by atoms with Gasteiger partial charge in [0.25, 0.3) is 5.91 Å². The average molecular weight is 258 g/mol. The number of carbonyl (C=O) groups excluding carboxylic acids is 1. The molecule has 0 fully saturated rings. The van der Waals surface area contributed by atoms with Crippen LogP contribution in [-0.4, -0.2) is 32.1 Å². The fourth-order valence-corrected chi connectivity index (χ4v) is 2.82. The van der Waals surface area contributed by atoms with Gasteiger partial charge in [0, 0.05) is 30.2 Å². The largest absolute Gasteiger partial charge is 0.345 e. The lowest BCUT2D eigenvalue weighted by atomic mass is 10.1. The molecule has 1 aliphatic rings. The minimum atomic E-state index is 0.0591. The predicted molar refractivity (Wildman–Crippen MR) is 71.9 cm³/mol. The van der Waals surface area contributed by atoms with Crippen molar-refractivity contribution in [3.8, 4) is 0 Å². The van der Waals surface area contributed by atoms with E-state index in [2.05, 4.69) is 40.7 Å². The molecule has 1 amide bonds. The summed E-state index contributed by atoms with van der Waals surface area (Å²) in [6.45, 7) is 7.67. The predicted octanol–water partition coefficient (Wildman–Crippen LogP) is 2.05. The van der Waals surface area contributed by atoms with E-state index in [1.54, 1.807) is 6.20 Å². The molecule has 5 heteroatoms. The number of aromatic amines is 1. The molecule has 100 valence electrons. The van der Waals surface area contributed by atoms with Crippen molar-refractivity contribution >= 4 is 5.91 Å². The first-order valence-electron chi connectivity index (χ1n) is 6.56. The number of amides is 1. The number of aromatic nitrogens is 3. The summed E-state index contributed by atoms with van der Waals surface area (Å²) in [5, 5.41) is 6.76. The Morgan fingerprint density at radius 2 is 2.16 bits per heavy atom. The van der Waals surface area contributed by atoms with Gasteiger partial charge in [-0.1, -0.05) is 0 Å². The van der Waals surface area contributed by atoms with Crippen LogP contribution in [0, 0.1) is 13.8 Å². The van der Waals surface area contributed by atoms with Crippen LogP contribution in [0.2, 0.25) is 0 Å². The molecule has 3 heterocycles. The van der Waals surface area contributed by atoms with E-state index in [1.165, 1.54) is 11.4 Å². The molecule has 1 aliphatic heterocycles. The third kappa shape index (κ3) is 1.77. The highest BCUT2D eigenvalue weighted by Gasteiger charge is 2.30. The Labute approximate surface area is 112 Å². The van der Waals surface area contributed by atoms with Crippen LogP contribution < -0.4 is 0 Å². The zero-order valence-corrected chi connectivity index (χ0v) is 11.5. The molecule has 1 atom stereocenters. The number of H-pyrrole nitrogens is 1. The molecule has 0 aliphatic carbocycles. The zero-order valence-electron chi connectivity index (χ0n) is 11.5. The molecule has 0 radical (unpaired) electrons. The summed E-state index contributed by atoms with van der Waals surface area (Å²) < 4.78 is 2.29. The van der Waals surface area contributed by atoms with Gasteiger partial charge in [-0.05, 0) is 32.9 Å². The molecule has 0 bridgehead atoms. The smallest absolute Gasteiger partial charge is 0.257 e. The highest BCUT2D eigenvalue weighted by atomic mass is 16.2. The summed E-state index contributed by atoms with van der Waals surface area (Å²) in [6.07, 6.45) is 1.61. The molecule has 2 aromatic heterocycles. The van der Waals surface area contributed by atoms with Crippen molar-refractivity contribution in [3.63, 3.8) is 0 Å². The first kappa shape index (κ1) is 12.0. The average Bonchev–Trinajstić information content (AvgIpc) is 2.97. The third-order valence-corrected chi connectivity index (χ3v) is 4.01. The summed E-state index contributed by atoms with van der Waals surface area (Å²) >= 11 is 0. The van der Waals surface area contributed by atoms with Gasteiger partial charge < -0.3 is 9.47 Å². The number of hydrogen-bond donors (Lipinski definition) is 1. The topological polar surface area (TPSA) is 53.9 Å². The van der Waals surface area contributed by atoms with Crippen molar-refractivity contribution in [2.45, 2.75) is 33.4 Å². The summed E-state index contributed by atoms with van der Waals surface area (Å²) in [4.78, 5) is 14.5. The molecule has 1 N–H and O–H groups in total. The Morgan fingerprint density at radius 1 is 1.37 bits per heavy atom. The van der Waals surface area contributed by atoms with Gasteiger partial charge in [-0.2, -0.15) is 5.10 Å². The molecule has 1 unspecified atom stereocenters. The highest BCUT2D eigenvalue weighted by Crippen LogP contribution is 2.28. The second-order valence-corrected chi connectivity index (χ2v) is 5.13. The number of aryl methyl sites for hydroxylation is 2. The minimum absolute atomic E-state index is 0.0591. The first-order chi connectivity index (χ1) is 9.09. The van der Waals surface area contributed by atoms with Crippen LogP contribution in [0.3, 0.4) is 0 Å². The van der Waals surface area contributed by atoms with Crippen LogP contribution >= 0.6 is 0 Å². The number of rotatable bonds is 1. The molecule has 3 rings (SSSR count). The van der Waals surface area contributed by atoms with Crippen LogP contribution in [0.15, 0.2) is 18.3 Å². The Bertz CT molecular complexity index is 625. The van der Waals surface area contributed by atoms with Crippen LogP contribution in [0.25, 0.3) is 0 Å². The van der Waals surface area contributed by atoms with Gasteiger partial charge in [0.15, 0.2) is 0 Å². The van der Waals surface area contributed by atoms with Gasteiger partial charge in [-0.25, -0.2) is 0 Å². The van der Waals surface area contributed by atoms with Crippen LogP contribution in [0.1, 0.15) is 40.4 Å². The van der Waals surface area contributed by atoms with Crippen molar-refractivity contribution < 1.29 is 4.79 Å². The molecule has 0 saturated heterocycles. The van der Waals surface area contributed by atoms with E-state index in [4.69, 9.17) is 0 Å². The number of nitrogens with zero attached hydrogens (tertiary/aromatic N) is 3. The molecule has 5 nitrogen and oxygen atoms in total. The molecule has 19 heavy (non-hydrogen) atoms. The number of nitrogens with one attached hydrogen (secondary N) is 1. The first-order valence-corrected chi connectivity index (χ1v) is 6.56. The van der Waals surface area contributed by atoms with Gasteiger partial charge in [-0.15, -0.1) is 0 Å². The lowest BCUT2D eigenvalue weighted by Crippen LogP contribution is -2.41. The maximum atomic E-state index is 12.6. The van der Waals surface area contributed by atoms with Crippen molar-refractivity contribution in [1.82, 2.24) is 19.7 Å². The number of hydrogen-bond acceptors (Lipinski definition) is 2. The monoisotopic (exact) mass is 258 g/mol. The summed E-state index contributed by atoms with van der Waals surface area (Å²) in [5.41, 5.74) is 3.96. The van der Waals surface area contributed by atoms with Crippen molar-refractivity contribution in [2.75, 3.05) is 6.54 Å². The van der Waals surface area contributed by atoms with E-state index >= 15 is 0 Å². The second-order valence-electron chi connectivity index (χ2n) is 5.13. The third-order valence-electron chi connectivity index (χ3n) is 4.01. The summed E-state index contributed by atoms with van der Waals surface area (Å²) in [5.74, 6) is 0.0591. The van der Waals surface area contributed by atoms with Crippen molar-refractivity contribution in [2.24, 2.45) is 0 Å². The fraction of sp³-hybridized carbons (Fsp3) is 0.429. The Hall–Kier alpha value is -2.04. The molecule has 0 spiro atoms. The van der Waals surface area contributed by atoms with Gasteiger partial charge in [0.1, 0.15) is 0 Å². The van der Waals surface area contributed by atoms with E-state index < -0.39 is 0 Å². The van der Waals surface area contributed by atoms with Crippen LogP contribution in [0.5, 0.6) is 0 Å². The van der Waals surface area contributed by atoms with Crippen molar-refractivity contribution in [1.29, 1.82) is 0 Å². The fourth-order valence-electron chi connectivity index (χ4n) is 2.82. The number of fused-ring (bicyclic) bond motifs is 1. The molecule has 0 saturated carbocycles. The Kier molecular flexibility index (Phi) is 2.69.